The van der Waals surface area contributed by atoms with Gasteiger partial charge in [0.15, 0.2) is 11.6 Å². The van der Waals surface area contributed by atoms with Gasteiger partial charge >= 0.3 is 0 Å². The van der Waals surface area contributed by atoms with Crippen LogP contribution in [0.5, 0.6) is 5.75 Å². The molecular weight excluding hydrogens is 377 g/mol. The van der Waals surface area contributed by atoms with E-state index in [1.165, 1.54) is 0 Å². The Kier molecular flexibility index (Phi) is 6.16. The first-order chi connectivity index (χ1) is 12.5. The van der Waals surface area contributed by atoms with E-state index < -0.39 is 0 Å². The summed E-state index contributed by atoms with van der Waals surface area (Å²) < 4.78 is 16.1. The highest BCUT2D eigenvalue weighted by Gasteiger charge is 2.14. The molecule has 2 aromatic heterocycles. The van der Waals surface area contributed by atoms with Gasteiger partial charge in [0.25, 0.3) is 5.89 Å². The van der Waals surface area contributed by atoms with Crippen molar-refractivity contribution in [1.29, 1.82) is 0 Å². The van der Waals surface area contributed by atoms with Crippen LogP contribution in [0.1, 0.15) is 36.5 Å². The van der Waals surface area contributed by atoms with Gasteiger partial charge in [-0.1, -0.05) is 33.5 Å². The summed E-state index contributed by atoms with van der Waals surface area (Å²) in [5.74, 6) is 2.31. The van der Waals surface area contributed by atoms with E-state index >= 15 is 0 Å². The third-order valence-corrected chi connectivity index (χ3v) is 4.32. The lowest BCUT2D eigenvalue weighted by molar-refractivity contribution is 0.303. The minimum absolute atomic E-state index is 0.375. The molecule has 2 heterocycles. The van der Waals surface area contributed by atoms with Gasteiger partial charge in [0.2, 0.25) is 0 Å². The first-order valence-electron chi connectivity index (χ1n) is 8.37. The molecule has 0 aliphatic carbocycles. The third kappa shape index (κ3) is 4.77. The highest BCUT2D eigenvalue weighted by atomic mass is 35.5. The summed E-state index contributed by atoms with van der Waals surface area (Å²) in [7, 11) is 0. The Balaban J connectivity index is 1.48. The van der Waals surface area contributed by atoms with Crippen molar-refractivity contribution in [2.45, 2.75) is 39.5 Å². The van der Waals surface area contributed by atoms with Crippen molar-refractivity contribution in [3.63, 3.8) is 0 Å². The van der Waals surface area contributed by atoms with Crippen molar-refractivity contribution < 1.29 is 13.8 Å². The quantitative estimate of drug-likeness (QED) is 0.472. The summed E-state index contributed by atoms with van der Waals surface area (Å²) in [6.45, 7) is 4.20. The smallest absolute Gasteiger partial charge is 0.258 e. The van der Waals surface area contributed by atoms with Gasteiger partial charge in [-0.15, -0.1) is 0 Å². The molecule has 3 rings (SSSR count). The molecule has 3 aromatic rings. The Bertz CT molecular complexity index is 853. The standard InChI is InChI=1S/C18H19Cl2N3O3/c1-11-8-14(25-22-11)6-4-3-5-7-24-17-15(19)9-13(10-16(17)20)18-21-12(2)23-26-18/h8-10H,3-7H2,1-2H3. The van der Waals surface area contributed by atoms with Gasteiger partial charge in [-0.2, -0.15) is 4.98 Å². The van der Waals surface area contributed by atoms with Crippen LogP contribution in [0.15, 0.2) is 27.2 Å². The van der Waals surface area contributed by atoms with Gasteiger partial charge in [0.1, 0.15) is 5.76 Å². The number of rotatable bonds is 8. The van der Waals surface area contributed by atoms with Gasteiger partial charge in [0, 0.05) is 18.1 Å². The van der Waals surface area contributed by atoms with Gasteiger partial charge in [-0.3, -0.25) is 0 Å². The third-order valence-electron chi connectivity index (χ3n) is 3.76. The highest BCUT2D eigenvalue weighted by molar-refractivity contribution is 6.37. The van der Waals surface area contributed by atoms with Crippen LogP contribution in [0.2, 0.25) is 10.0 Å². The number of halogens is 2. The van der Waals surface area contributed by atoms with Crippen LogP contribution in [0, 0.1) is 13.8 Å². The van der Waals surface area contributed by atoms with Crippen molar-refractivity contribution in [1.82, 2.24) is 15.3 Å². The number of aromatic nitrogens is 3. The van der Waals surface area contributed by atoms with Crippen molar-refractivity contribution >= 4 is 23.2 Å². The monoisotopic (exact) mass is 395 g/mol. The molecule has 0 fully saturated rings. The molecule has 0 aliphatic heterocycles. The normalized spacial score (nSPS) is 11.1. The number of aryl methyl sites for hydroxylation is 3. The van der Waals surface area contributed by atoms with Crippen LogP contribution in [0.3, 0.4) is 0 Å². The van der Waals surface area contributed by atoms with E-state index in [1.54, 1.807) is 19.1 Å². The van der Waals surface area contributed by atoms with Gasteiger partial charge in [-0.05, 0) is 45.2 Å². The van der Waals surface area contributed by atoms with E-state index in [9.17, 15) is 0 Å². The average molecular weight is 396 g/mol. The fourth-order valence-corrected chi connectivity index (χ4v) is 3.12. The number of hydrogen-bond acceptors (Lipinski definition) is 6. The van der Waals surface area contributed by atoms with Crippen LogP contribution in [0.25, 0.3) is 11.5 Å². The maximum atomic E-state index is 6.30. The molecule has 0 unspecified atom stereocenters. The maximum absolute atomic E-state index is 6.30. The number of nitrogens with zero attached hydrogens (tertiary/aromatic N) is 3. The van der Waals surface area contributed by atoms with E-state index in [0.717, 1.165) is 37.1 Å². The number of hydrogen-bond donors (Lipinski definition) is 0. The minimum atomic E-state index is 0.375. The molecule has 0 atom stereocenters. The Labute approximate surface area is 161 Å². The molecule has 0 radical (unpaired) electrons. The molecule has 138 valence electrons. The van der Waals surface area contributed by atoms with Crippen molar-refractivity contribution in [2.75, 3.05) is 6.61 Å². The lowest BCUT2D eigenvalue weighted by Gasteiger charge is -2.10. The lowest BCUT2D eigenvalue weighted by atomic mass is 10.1. The Hall–Kier alpha value is -2.05. The van der Waals surface area contributed by atoms with E-state index in [4.69, 9.17) is 37.0 Å². The summed E-state index contributed by atoms with van der Waals surface area (Å²) in [6, 6.07) is 5.38. The maximum Gasteiger partial charge on any atom is 0.258 e. The molecule has 0 spiro atoms. The molecule has 0 bridgehead atoms. The molecule has 0 aliphatic rings. The Morgan fingerprint density at radius 1 is 0.962 bits per heavy atom. The predicted molar refractivity (Wildman–Crippen MR) is 98.8 cm³/mol. The zero-order chi connectivity index (χ0) is 18.5. The Morgan fingerprint density at radius 3 is 2.35 bits per heavy atom. The van der Waals surface area contributed by atoms with Crippen LogP contribution in [-0.2, 0) is 6.42 Å². The largest absolute Gasteiger partial charge is 0.490 e. The second kappa shape index (κ2) is 8.56. The predicted octanol–water partition coefficient (Wildman–Crippen LogP) is 5.44. The molecule has 6 nitrogen and oxygen atoms in total. The van der Waals surface area contributed by atoms with E-state index in [0.29, 0.717) is 39.7 Å². The number of benzene rings is 1. The fraction of sp³-hybridized carbons (Fsp3) is 0.389. The number of ether oxygens (including phenoxy) is 1. The molecule has 0 saturated heterocycles. The minimum Gasteiger partial charge on any atom is -0.490 e. The van der Waals surface area contributed by atoms with Gasteiger partial charge in [-0.25, -0.2) is 0 Å². The summed E-state index contributed by atoms with van der Waals surface area (Å²) in [5, 5.41) is 8.47. The summed E-state index contributed by atoms with van der Waals surface area (Å²) >= 11 is 12.6. The molecule has 0 N–H and O–H groups in total. The Morgan fingerprint density at radius 2 is 1.73 bits per heavy atom. The lowest BCUT2D eigenvalue weighted by Crippen LogP contribution is -1.99. The zero-order valence-electron chi connectivity index (χ0n) is 14.6. The summed E-state index contributed by atoms with van der Waals surface area (Å²) in [4.78, 5) is 4.17. The van der Waals surface area contributed by atoms with Crippen LogP contribution in [-0.4, -0.2) is 21.9 Å². The van der Waals surface area contributed by atoms with Crippen LogP contribution in [0.4, 0.5) is 0 Å². The van der Waals surface area contributed by atoms with Crippen molar-refractivity contribution in [2.24, 2.45) is 0 Å². The topological polar surface area (TPSA) is 74.2 Å². The van der Waals surface area contributed by atoms with Crippen LogP contribution >= 0.6 is 23.2 Å². The SMILES string of the molecule is Cc1cc(CCCCCOc2c(Cl)cc(-c3nc(C)no3)cc2Cl)on1. The second-order valence-electron chi connectivity index (χ2n) is 6.01. The molecule has 0 amide bonds. The van der Waals surface area contributed by atoms with Crippen LogP contribution < -0.4 is 4.74 Å². The fourth-order valence-electron chi connectivity index (χ4n) is 2.52. The first-order valence-corrected chi connectivity index (χ1v) is 9.13. The molecule has 8 heteroatoms. The zero-order valence-corrected chi connectivity index (χ0v) is 16.1. The number of unbranched alkanes of at least 4 members (excludes halogenated alkanes) is 2. The second-order valence-corrected chi connectivity index (χ2v) is 6.82. The molecular formula is C18H19Cl2N3O3. The summed E-state index contributed by atoms with van der Waals surface area (Å²) in [5.41, 5.74) is 1.57. The van der Waals surface area contributed by atoms with E-state index in [-0.39, 0.29) is 0 Å². The average Bonchev–Trinajstić information content (AvgIpc) is 3.21. The van der Waals surface area contributed by atoms with Crippen molar-refractivity contribution in [3.05, 3.63) is 45.5 Å². The van der Waals surface area contributed by atoms with E-state index in [1.807, 2.05) is 13.0 Å². The molecule has 0 saturated carbocycles. The van der Waals surface area contributed by atoms with Crippen molar-refractivity contribution in [3.8, 4) is 17.2 Å². The first kappa shape index (κ1) is 18.7. The molecule has 1 aromatic carbocycles. The highest BCUT2D eigenvalue weighted by Crippen LogP contribution is 2.37. The summed E-state index contributed by atoms with van der Waals surface area (Å²) in [6.07, 6.45) is 3.79. The van der Waals surface area contributed by atoms with E-state index in [2.05, 4.69) is 15.3 Å². The van der Waals surface area contributed by atoms with Gasteiger partial charge in [0.05, 0.1) is 22.3 Å². The molecule has 26 heavy (non-hydrogen) atoms. The van der Waals surface area contributed by atoms with Gasteiger partial charge < -0.3 is 13.8 Å².